The number of hydrogen-bond acceptors (Lipinski definition) is 4. The topological polar surface area (TPSA) is 83.7 Å². The minimum absolute atomic E-state index is 0.176. The van der Waals surface area contributed by atoms with Crippen molar-refractivity contribution in [2.45, 2.75) is 45.2 Å². The van der Waals surface area contributed by atoms with Gasteiger partial charge in [0.2, 0.25) is 0 Å². The largest absolute Gasteiger partial charge is 0.477 e. The molecule has 0 spiro atoms. The van der Waals surface area contributed by atoms with Crippen molar-refractivity contribution in [1.82, 2.24) is 4.90 Å². The maximum Gasteiger partial charge on any atom is 0.343 e. The van der Waals surface area contributed by atoms with E-state index in [9.17, 15) is 20.0 Å². The van der Waals surface area contributed by atoms with Gasteiger partial charge in [0.05, 0.1) is 4.92 Å². The van der Waals surface area contributed by atoms with Gasteiger partial charge in [0.1, 0.15) is 5.56 Å². The van der Waals surface area contributed by atoms with Crippen molar-refractivity contribution in [3.8, 4) is 0 Å². The summed E-state index contributed by atoms with van der Waals surface area (Å²) in [5.41, 5.74) is 0.0237. The Kier molecular flexibility index (Phi) is 4.90. The Morgan fingerprint density at radius 1 is 1.48 bits per heavy atom. The van der Waals surface area contributed by atoms with Crippen LogP contribution in [0, 0.1) is 10.1 Å². The Labute approximate surface area is 123 Å². The first kappa shape index (κ1) is 15.4. The van der Waals surface area contributed by atoms with E-state index in [4.69, 9.17) is 0 Å². The van der Waals surface area contributed by atoms with E-state index in [0.29, 0.717) is 18.2 Å². The van der Waals surface area contributed by atoms with Crippen LogP contribution in [0.1, 0.15) is 48.5 Å². The second-order valence-electron chi connectivity index (χ2n) is 5.43. The summed E-state index contributed by atoms with van der Waals surface area (Å²) in [6.45, 7) is 3.48. The molecule has 0 unspecified atom stereocenters. The number of benzene rings is 1. The van der Waals surface area contributed by atoms with Crippen LogP contribution in [0.2, 0.25) is 0 Å². The summed E-state index contributed by atoms with van der Waals surface area (Å²) in [6.07, 6.45) is 4.37. The fraction of sp³-hybridized carbons (Fsp3) is 0.533. The third kappa shape index (κ3) is 3.78. The standard InChI is InChI=1S/C15H20N2O4/c1-2-3-9-16(12-7-8-12)10-11-5-4-6-13(17(20)21)14(11)15(18)19/h4-6,12H,2-3,7-10H2,1H3,(H,18,19). The molecule has 1 N–H and O–H groups in total. The van der Waals surface area contributed by atoms with Crippen molar-refractivity contribution in [3.63, 3.8) is 0 Å². The number of hydrogen-bond donors (Lipinski definition) is 1. The zero-order valence-electron chi connectivity index (χ0n) is 12.1. The minimum Gasteiger partial charge on any atom is -0.477 e. The van der Waals surface area contributed by atoms with Gasteiger partial charge < -0.3 is 5.11 Å². The molecule has 0 aliphatic heterocycles. The molecule has 1 aromatic rings. The first-order valence-corrected chi connectivity index (χ1v) is 7.28. The molecule has 0 aromatic heterocycles. The molecular weight excluding hydrogens is 272 g/mol. The van der Waals surface area contributed by atoms with Crippen LogP contribution in [0.4, 0.5) is 5.69 Å². The highest BCUT2D eigenvalue weighted by Gasteiger charge is 2.31. The molecule has 1 saturated carbocycles. The summed E-state index contributed by atoms with van der Waals surface area (Å²) in [4.78, 5) is 24.0. The molecule has 0 atom stereocenters. The van der Waals surface area contributed by atoms with Gasteiger partial charge in [0.15, 0.2) is 0 Å². The summed E-state index contributed by atoms with van der Waals surface area (Å²) < 4.78 is 0. The molecule has 1 fully saturated rings. The zero-order valence-corrected chi connectivity index (χ0v) is 12.1. The predicted molar refractivity (Wildman–Crippen MR) is 78.4 cm³/mol. The predicted octanol–water partition coefficient (Wildman–Crippen LogP) is 3.06. The number of carboxylic acid groups (broad SMARTS) is 1. The van der Waals surface area contributed by atoms with Gasteiger partial charge in [0, 0.05) is 18.7 Å². The summed E-state index contributed by atoms with van der Waals surface area (Å²) in [5.74, 6) is -1.23. The van der Waals surface area contributed by atoms with Crippen LogP contribution in [0.3, 0.4) is 0 Å². The van der Waals surface area contributed by atoms with Gasteiger partial charge in [-0.3, -0.25) is 15.0 Å². The third-order valence-corrected chi connectivity index (χ3v) is 3.77. The second-order valence-corrected chi connectivity index (χ2v) is 5.43. The number of unbranched alkanes of at least 4 members (excludes halogenated alkanes) is 1. The van der Waals surface area contributed by atoms with Gasteiger partial charge in [-0.25, -0.2) is 4.79 Å². The fourth-order valence-corrected chi connectivity index (χ4v) is 2.53. The van der Waals surface area contributed by atoms with Gasteiger partial charge in [-0.1, -0.05) is 25.5 Å². The monoisotopic (exact) mass is 292 g/mol. The second kappa shape index (κ2) is 6.67. The molecule has 1 aromatic carbocycles. The van der Waals surface area contributed by atoms with Crippen molar-refractivity contribution in [2.24, 2.45) is 0 Å². The number of nitro benzene ring substituents is 1. The smallest absolute Gasteiger partial charge is 0.343 e. The third-order valence-electron chi connectivity index (χ3n) is 3.77. The Balaban J connectivity index is 2.27. The average molecular weight is 292 g/mol. The highest BCUT2D eigenvalue weighted by atomic mass is 16.6. The van der Waals surface area contributed by atoms with E-state index in [1.165, 1.54) is 6.07 Å². The van der Waals surface area contributed by atoms with Gasteiger partial charge >= 0.3 is 5.97 Å². The number of carbonyl (C=O) groups is 1. The van der Waals surface area contributed by atoms with E-state index in [-0.39, 0.29) is 11.3 Å². The molecule has 0 saturated heterocycles. The quantitative estimate of drug-likeness (QED) is 0.588. The maximum absolute atomic E-state index is 11.4. The number of rotatable bonds is 8. The van der Waals surface area contributed by atoms with Crippen LogP contribution >= 0.6 is 0 Å². The van der Waals surface area contributed by atoms with Crippen LogP contribution in [0.25, 0.3) is 0 Å². The Bertz CT molecular complexity index is 540. The molecule has 0 bridgehead atoms. The average Bonchev–Trinajstić information content (AvgIpc) is 3.27. The van der Waals surface area contributed by atoms with E-state index < -0.39 is 10.9 Å². The van der Waals surface area contributed by atoms with E-state index in [0.717, 1.165) is 32.2 Å². The summed E-state index contributed by atoms with van der Waals surface area (Å²) in [7, 11) is 0. The lowest BCUT2D eigenvalue weighted by Crippen LogP contribution is -2.27. The molecular formula is C15H20N2O4. The lowest BCUT2D eigenvalue weighted by molar-refractivity contribution is -0.385. The number of aromatic carboxylic acids is 1. The summed E-state index contributed by atoms with van der Waals surface area (Å²) in [6, 6.07) is 4.99. The number of carboxylic acids is 1. The van der Waals surface area contributed by atoms with Crippen LogP contribution < -0.4 is 0 Å². The lowest BCUT2D eigenvalue weighted by atomic mass is 10.0. The summed E-state index contributed by atoms with van der Waals surface area (Å²) >= 11 is 0. The molecule has 21 heavy (non-hydrogen) atoms. The number of nitro groups is 1. The van der Waals surface area contributed by atoms with Gasteiger partial charge in [-0.2, -0.15) is 0 Å². The molecule has 0 radical (unpaired) electrons. The lowest BCUT2D eigenvalue weighted by Gasteiger charge is -2.22. The van der Waals surface area contributed by atoms with Crippen molar-refractivity contribution < 1.29 is 14.8 Å². The van der Waals surface area contributed by atoms with Crippen molar-refractivity contribution in [1.29, 1.82) is 0 Å². The summed E-state index contributed by atoms with van der Waals surface area (Å²) in [5, 5.41) is 20.3. The van der Waals surface area contributed by atoms with E-state index in [1.807, 2.05) is 0 Å². The molecule has 0 amide bonds. The van der Waals surface area contributed by atoms with Crippen LogP contribution in [-0.2, 0) is 6.54 Å². The first-order chi connectivity index (χ1) is 10.0. The van der Waals surface area contributed by atoms with E-state index >= 15 is 0 Å². The normalized spacial score (nSPS) is 14.4. The first-order valence-electron chi connectivity index (χ1n) is 7.28. The van der Waals surface area contributed by atoms with Crippen molar-refractivity contribution in [2.75, 3.05) is 6.54 Å². The Morgan fingerprint density at radius 3 is 2.71 bits per heavy atom. The fourth-order valence-electron chi connectivity index (χ4n) is 2.53. The Hall–Kier alpha value is -1.95. The molecule has 6 heteroatoms. The van der Waals surface area contributed by atoms with Gasteiger partial charge in [-0.05, 0) is 31.4 Å². The van der Waals surface area contributed by atoms with E-state index in [1.54, 1.807) is 12.1 Å². The van der Waals surface area contributed by atoms with Gasteiger partial charge in [0.25, 0.3) is 5.69 Å². The van der Waals surface area contributed by atoms with Crippen LogP contribution in [-0.4, -0.2) is 33.5 Å². The molecule has 114 valence electrons. The van der Waals surface area contributed by atoms with Gasteiger partial charge in [-0.15, -0.1) is 0 Å². The molecule has 1 aliphatic carbocycles. The maximum atomic E-state index is 11.4. The van der Waals surface area contributed by atoms with Crippen molar-refractivity contribution in [3.05, 3.63) is 39.4 Å². The molecule has 2 rings (SSSR count). The minimum atomic E-state index is -1.23. The highest BCUT2D eigenvalue weighted by molar-refractivity contribution is 5.94. The highest BCUT2D eigenvalue weighted by Crippen LogP contribution is 2.31. The molecule has 1 aliphatic rings. The SMILES string of the molecule is CCCCN(Cc1cccc([N+](=O)[O-])c1C(=O)O)C1CC1. The molecule has 0 heterocycles. The number of nitrogens with zero attached hydrogens (tertiary/aromatic N) is 2. The van der Waals surface area contributed by atoms with E-state index in [2.05, 4.69) is 11.8 Å². The molecule has 6 nitrogen and oxygen atoms in total. The van der Waals surface area contributed by atoms with Crippen LogP contribution in [0.15, 0.2) is 18.2 Å². The van der Waals surface area contributed by atoms with Crippen LogP contribution in [0.5, 0.6) is 0 Å². The Morgan fingerprint density at radius 2 is 2.19 bits per heavy atom. The zero-order chi connectivity index (χ0) is 15.4. The van der Waals surface area contributed by atoms with Crippen molar-refractivity contribution >= 4 is 11.7 Å².